The first kappa shape index (κ1) is 55.4. The van der Waals surface area contributed by atoms with Crippen molar-refractivity contribution in [3.05, 3.63) is 196 Å². The van der Waals surface area contributed by atoms with Crippen LogP contribution < -0.4 is 31.1 Å². The number of nitrogens with zero attached hydrogens (tertiary/aromatic N) is 3. The molecule has 8 aromatic carbocycles. The molecule has 424 valence electrons. The van der Waals surface area contributed by atoms with Crippen LogP contribution in [0.3, 0.4) is 0 Å². The molecule has 2 unspecified atom stereocenters. The van der Waals surface area contributed by atoms with E-state index in [1.165, 1.54) is 131 Å². The third-order valence-electron chi connectivity index (χ3n) is 20.9. The summed E-state index contributed by atoms with van der Waals surface area (Å²) in [7, 11) is 0. The number of hydrogen-bond donors (Lipinski definition) is 0. The quantitative estimate of drug-likeness (QED) is 0.159. The first-order chi connectivity index (χ1) is 38.8. The molecule has 2 atom stereocenters. The Balaban J connectivity index is 1.22. The van der Waals surface area contributed by atoms with E-state index < -0.39 is 0 Å². The van der Waals surface area contributed by atoms with Crippen LogP contribution in [-0.2, 0) is 37.9 Å². The SMILES string of the molecule is CC(C)(C)c1ccc(N(c2ccc(C(C)(C)C)cc2)c2cc3c4c(c2)N2c5c(cc(C(C)(C)C)cc5C5(C)CCCCC25C)B4c2ccc4c(c2N3c2ccc(C(C)(C)C)cc2-c2ccccc2)C(C)(C)c2ccc(C(C)(C)C)cc2-4)cc1. The molecule has 0 amide bonds. The fourth-order valence-electron chi connectivity index (χ4n) is 15.7. The van der Waals surface area contributed by atoms with Gasteiger partial charge in [0.25, 0.3) is 6.71 Å². The van der Waals surface area contributed by atoms with Gasteiger partial charge >= 0.3 is 0 Å². The Kier molecular flexibility index (Phi) is 12.1. The standard InChI is InChI=1S/C79H90BN3/c1-72(2,3)50-27-33-55(34-28-50)81(56-35-29-51(30-36-56)73(4,5)6)57-47-66-69-67(48-57)83-70-62(78(18)41-23-24-42-79(78,83)19)45-54(76(13,14)15)46-64(70)80(69)63-39-37-58-60-44-52(74(7,8)9)31-38-61(60)77(16,17)68(58)71(63)82(66)65-40-32-53(75(10,11)12)43-59(65)49-25-21-20-22-26-49/h20-22,25-40,43-48H,23-24,41-42H2,1-19H3. The zero-order chi connectivity index (χ0) is 59.1. The maximum absolute atomic E-state index is 2.94. The Morgan fingerprint density at radius 3 is 1.52 bits per heavy atom. The minimum absolute atomic E-state index is 0.00379. The van der Waals surface area contributed by atoms with Crippen LogP contribution in [0.5, 0.6) is 0 Å². The summed E-state index contributed by atoms with van der Waals surface area (Å²) in [6.07, 6.45) is 4.74. The molecule has 3 heterocycles. The lowest BCUT2D eigenvalue weighted by atomic mass is 9.33. The molecule has 2 aliphatic carbocycles. The average molecular weight is 1090 g/mol. The molecule has 0 bridgehead atoms. The summed E-state index contributed by atoms with van der Waals surface area (Å²) in [5.74, 6) is 0. The van der Waals surface area contributed by atoms with Gasteiger partial charge in [-0.3, -0.25) is 0 Å². The van der Waals surface area contributed by atoms with Gasteiger partial charge in [-0.25, -0.2) is 0 Å². The van der Waals surface area contributed by atoms with Crippen molar-refractivity contribution in [2.75, 3.05) is 14.7 Å². The van der Waals surface area contributed by atoms with Crippen LogP contribution in [0, 0.1) is 0 Å². The Morgan fingerprint density at radius 1 is 0.410 bits per heavy atom. The molecule has 83 heavy (non-hydrogen) atoms. The molecule has 0 saturated heterocycles. The molecule has 3 aliphatic heterocycles. The fourth-order valence-corrected chi connectivity index (χ4v) is 15.7. The molecular weight excluding hydrogens is 1000 g/mol. The van der Waals surface area contributed by atoms with Gasteiger partial charge in [0.2, 0.25) is 0 Å². The maximum Gasteiger partial charge on any atom is 0.252 e. The molecule has 1 fully saturated rings. The number of hydrogen-bond acceptors (Lipinski definition) is 3. The Morgan fingerprint density at radius 2 is 0.940 bits per heavy atom. The van der Waals surface area contributed by atoms with Crippen LogP contribution in [-0.4, -0.2) is 12.3 Å². The van der Waals surface area contributed by atoms with Crippen LogP contribution >= 0.6 is 0 Å². The fraction of sp³-hybridized carbons (Fsp3) is 0.392. The van der Waals surface area contributed by atoms with Crippen LogP contribution in [0.2, 0.25) is 0 Å². The maximum atomic E-state index is 2.94. The monoisotopic (exact) mass is 1090 g/mol. The van der Waals surface area contributed by atoms with Crippen molar-refractivity contribution in [2.24, 2.45) is 0 Å². The van der Waals surface area contributed by atoms with E-state index in [9.17, 15) is 0 Å². The van der Waals surface area contributed by atoms with Gasteiger partial charge in [-0.15, -0.1) is 0 Å². The largest absolute Gasteiger partial charge is 0.335 e. The highest BCUT2D eigenvalue weighted by Gasteiger charge is 2.62. The lowest BCUT2D eigenvalue weighted by Gasteiger charge is -2.53. The molecule has 8 aromatic rings. The predicted molar refractivity (Wildman–Crippen MR) is 360 cm³/mol. The summed E-state index contributed by atoms with van der Waals surface area (Å²) < 4.78 is 0. The zero-order valence-electron chi connectivity index (χ0n) is 53.7. The van der Waals surface area contributed by atoms with Crippen LogP contribution in [0.4, 0.5) is 45.5 Å². The molecule has 0 spiro atoms. The van der Waals surface area contributed by atoms with Crippen molar-refractivity contribution >= 4 is 68.6 Å². The Hall–Kier alpha value is -6.78. The van der Waals surface area contributed by atoms with E-state index in [0.717, 1.165) is 17.8 Å². The Labute approximate surface area is 499 Å². The van der Waals surface area contributed by atoms with E-state index in [1.54, 1.807) is 5.56 Å². The van der Waals surface area contributed by atoms with Crippen LogP contribution in [0.25, 0.3) is 22.3 Å². The first-order valence-corrected chi connectivity index (χ1v) is 31.3. The lowest BCUT2D eigenvalue weighted by molar-refractivity contribution is 0.195. The van der Waals surface area contributed by atoms with Crippen LogP contribution in [0.1, 0.15) is 202 Å². The molecule has 0 aromatic heterocycles. The molecular formula is C79H90BN3. The van der Waals surface area contributed by atoms with Gasteiger partial charge in [-0.05, 0) is 173 Å². The second kappa shape index (κ2) is 18.1. The second-order valence-electron chi connectivity index (χ2n) is 31.9. The van der Waals surface area contributed by atoms with Crippen molar-refractivity contribution in [1.29, 1.82) is 0 Å². The van der Waals surface area contributed by atoms with Gasteiger partial charge < -0.3 is 14.7 Å². The molecule has 3 nitrogen and oxygen atoms in total. The molecule has 13 rings (SSSR count). The predicted octanol–water partition coefficient (Wildman–Crippen LogP) is 20.0. The van der Waals surface area contributed by atoms with Gasteiger partial charge in [0.15, 0.2) is 0 Å². The van der Waals surface area contributed by atoms with E-state index in [1.807, 2.05) is 0 Å². The minimum Gasteiger partial charge on any atom is -0.335 e. The number of anilines is 8. The van der Waals surface area contributed by atoms with Gasteiger partial charge in [0, 0.05) is 50.5 Å². The second-order valence-corrected chi connectivity index (χ2v) is 31.9. The summed E-state index contributed by atoms with van der Waals surface area (Å²) >= 11 is 0. The summed E-state index contributed by atoms with van der Waals surface area (Å²) in [5, 5.41) is 0. The van der Waals surface area contributed by atoms with Crippen molar-refractivity contribution < 1.29 is 0 Å². The highest BCUT2D eigenvalue weighted by molar-refractivity contribution is 7.00. The highest BCUT2D eigenvalue weighted by atomic mass is 15.3. The van der Waals surface area contributed by atoms with E-state index >= 15 is 0 Å². The van der Waals surface area contributed by atoms with Gasteiger partial charge in [0.1, 0.15) is 0 Å². The summed E-state index contributed by atoms with van der Waals surface area (Å²) in [4.78, 5) is 8.33. The Bertz CT molecular complexity index is 3880. The van der Waals surface area contributed by atoms with E-state index in [0.29, 0.717) is 0 Å². The molecule has 4 heteroatoms. The van der Waals surface area contributed by atoms with E-state index in [-0.39, 0.29) is 50.2 Å². The van der Waals surface area contributed by atoms with Gasteiger partial charge in [-0.1, -0.05) is 241 Å². The summed E-state index contributed by atoms with van der Waals surface area (Å²) in [5.41, 5.74) is 30.0. The first-order valence-electron chi connectivity index (χ1n) is 31.3. The summed E-state index contributed by atoms with van der Waals surface area (Å²) in [6.45, 7) is 45.7. The van der Waals surface area contributed by atoms with Gasteiger partial charge in [-0.2, -0.15) is 0 Å². The van der Waals surface area contributed by atoms with Crippen molar-refractivity contribution in [1.82, 2.24) is 0 Å². The molecule has 1 saturated carbocycles. The number of benzene rings is 8. The van der Waals surface area contributed by atoms with E-state index in [2.05, 4.69) is 298 Å². The summed E-state index contributed by atoms with van der Waals surface area (Å²) in [6, 6.07) is 60.9. The molecule has 0 radical (unpaired) electrons. The van der Waals surface area contributed by atoms with Crippen LogP contribution in [0.15, 0.2) is 152 Å². The highest BCUT2D eigenvalue weighted by Crippen LogP contribution is 2.64. The smallest absolute Gasteiger partial charge is 0.252 e. The topological polar surface area (TPSA) is 9.72 Å². The number of rotatable bonds is 5. The molecule has 0 N–H and O–H groups in total. The van der Waals surface area contributed by atoms with E-state index in [4.69, 9.17) is 0 Å². The third-order valence-corrected chi connectivity index (χ3v) is 20.9. The third kappa shape index (κ3) is 8.32. The van der Waals surface area contributed by atoms with Crippen molar-refractivity contribution in [3.8, 4) is 22.3 Å². The lowest BCUT2D eigenvalue weighted by Crippen LogP contribution is -2.65. The van der Waals surface area contributed by atoms with Crippen molar-refractivity contribution in [2.45, 2.75) is 201 Å². The molecule has 5 aliphatic rings. The van der Waals surface area contributed by atoms with Gasteiger partial charge in [0.05, 0.1) is 16.9 Å². The van der Waals surface area contributed by atoms with Crippen molar-refractivity contribution in [3.63, 3.8) is 0 Å². The zero-order valence-corrected chi connectivity index (χ0v) is 53.7. The minimum atomic E-state index is -0.331. The average Bonchev–Trinajstić information content (AvgIpc) is 1.59. The normalized spacial score (nSPS) is 19.4. The number of fused-ring (bicyclic) bond motifs is 11.